The molecule has 1 aromatic carbocycles. The molecule has 1 heterocycles. The van der Waals surface area contributed by atoms with Gasteiger partial charge in [-0.25, -0.2) is 4.39 Å². The number of aryl methyl sites for hydroxylation is 1. The summed E-state index contributed by atoms with van der Waals surface area (Å²) in [7, 11) is 0. The van der Waals surface area contributed by atoms with E-state index in [1.165, 1.54) is 19.1 Å². The predicted octanol–water partition coefficient (Wildman–Crippen LogP) is 2.86. The lowest BCUT2D eigenvalue weighted by molar-refractivity contribution is -0.197. The van der Waals surface area contributed by atoms with Gasteiger partial charge in [-0.15, -0.1) is 0 Å². The predicted molar refractivity (Wildman–Crippen MR) is 61.4 cm³/mol. The fourth-order valence-electron chi connectivity index (χ4n) is 2.40. The zero-order chi connectivity index (χ0) is 14.3. The van der Waals surface area contributed by atoms with E-state index in [1.54, 1.807) is 0 Å². The summed E-state index contributed by atoms with van der Waals surface area (Å²) in [5.74, 6) is -1.76. The van der Waals surface area contributed by atoms with Crippen LogP contribution in [-0.2, 0) is 0 Å². The SMILES string of the molecule is Cc1cc(F)cc(C(=O)C2(C(F)(F)F)CCNC2)c1. The highest BCUT2D eigenvalue weighted by molar-refractivity contribution is 6.01. The molecule has 1 aliphatic heterocycles. The number of hydrogen-bond acceptors (Lipinski definition) is 2. The third-order valence-electron chi connectivity index (χ3n) is 3.44. The van der Waals surface area contributed by atoms with Gasteiger partial charge in [-0.1, -0.05) is 0 Å². The molecule has 0 aliphatic carbocycles. The van der Waals surface area contributed by atoms with Gasteiger partial charge < -0.3 is 5.32 Å². The van der Waals surface area contributed by atoms with E-state index in [-0.39, 0.29) is 18.5 Å². The Bertz CT molecular complexity index is 484. The fraction of sp³-hybridized carbons (Fsp3) is 0.462. The molecule has 0 bridgehead atoms. The summed E-state index contributed by atoms with van der Waals surface area (Å²) in [4.78, 5) is 12.2. The lowest BCUT2D eigenvalue weighted by Crippen LogP contribution is -2.46. The highest BCUT2D eigenvalue weighted by Crippen LogP contribution is 2.45. The standard InChI is InChI=1S/C13H13F4NO/c1-8-4-9(6-10(14)5-8)11(19)12(13(15,16)17)2-3-18-7-12/h4-6,18H,2-3,7H2,1H3. The van der Waals surface area contributed by atoms with Crippen molar-refractivity contribution in [1.82, 2.24) is 5.32 Å². The summed E-state index contributed by atoms with van der Waals surface area (Å²) >= 11 is 0. The second-order valence-corrected chi connectivity index (χ2v) is 4.85. The average molecular weight is 275 g/mol. The molecule has 1 N–H and O–H groups in total. The van der Waals surface area contributed by atoms with Crippen molar-refractivity contribution >= 4 is 5.78 Å². The molecule has 2 nitrogen and oxygen atoms in total. The van der Waals surface area contributed by atoms with E-state index in [2.05, 4.69) is 5.32 Å². The van der Waals surface area contributed by atoms with Crippen LogP contribution < -0.4 is 5.32 Å². The second-order valence-electron chi connectivity index (χ2n) is 4.85. The summed E-state index contributed by atoms with van der Waals surface area (Å²) in [6, 6.07) is 3.32. The normalized spacial score (nSPS) is 23.6. The number of carbonyl (C=O) groups excluding carboxylic acids is 1. The number of rotatable bonds is 2. The molecule has 1 saturated heterocycles. The number of alkyl halides is 3. The van der Waals surface area contributed by atoms with Crippen LogP contribution in [0.1, 0.15) is 22.3 Å². The van der Waals surface area contributed by atoms with Crippen molar-refractivity contribution in [1.29, 1.82) is 0 Å². The van der Waals surface area contributed by atoms with Crippen LogP contribution in [-0.4, -0.2) is 25.0 Å². The van der Waals surface area contributed by atoms with E-state index in [1.807, 2.05) is 0 Å². The van der Waals surface area contributed by atoms with E-state index in [4.69, 9.17) is 0 Å². The largest absolute Gasteiger partial charge is 0.402 e. The summed E-state index contributed by atoms with van der Waals surface area (Å²) in [6.07, 6.45) is -4.96. The van der Waals surface area contributed by atoms with Crippen LogP contribution in [0.4, 0.5) is 17.6 Å². The van der Waals surface area contributed by atoms with Crippen LogP contribution in [0.2, 0.25) is 0 Å². The Labute approximate surface area is 107 Å². The summed E-state index contributed by atoms with van der Waals surface area (Å²) in [5, 5.41) is 2.57. The molecule has 6 heteroatoms. The fourth-order valence-corrected chi connectivity index (χ4v) is 2.40. The molecule has 0 spiro atoms. The third kappa shape index (κ3) is 2.36. The van der Waals surface area contributed by atoms with Gasteiger partial charge in [0.2, 0.25) is 0 Å². The zero-order valence-corrected chi connectivity index (χ0v) is 10.3. The van der Waals surface area contributed by atoms with Crippen molar-refractivity contribution in [3.8, 4) is 0 Å². The van der Waals surface area contributed by atoms with Crippen LogP contribution in [0.15, 0.2) is 18.2 Å². The maximum atomic E-state index is 13.2. The van der Waals surface area contributed by atoms with E-state index in [0.717, 1.165) is 6.07 Å². The minimum absolute atomic E-state index is 0.125. The van der Waals surface area contributed by atoms with Gasteiger partial charge in [0.15, 0.2) is 5.78 Å². The Morgan fingerprint density at radius 2 is 2.00 bits per heavy atom. The third-order valence-corrected chi connectivity index (χ3v) is 3.44. The smallest absolute Gasteiger partial charge is 0.315 e. The summed E-state index contributed by atoms with van der Waals surface area (Å²) in [6.45, 7) is 1.21. The Balaban J connectivity index is 2.46. The van der Waals surface area contributed by atoms with Crippen molar-refractivity contribution in [2.24, 2.45) is 5.41 Å². The van der Waals surface area contributed by atoms with Gasteiger partial charge in [0, 0.05) is 12.1 Å². The molecule has 1 atom stereocenters. The van der Waals surface area contributed by atoms with Crippen LogP contribution >= 0.6 is 0 Å². The topological polar surface area (TPSA) is 29.1 Å². The number of ketones is 1. The van der Waals surface area contributed by atoms with Crippen LogP contribution in [0.3, 0.4) is 0 Å². The van der Waals surface area contributed by atoms with Crippen molar-refractivity contribution in [2.45, 2.75) is 19.5 Å². The molecule has 1 aromatic rings. The Hall–Kier alpha value is -1.43. The second kappa shape index (κ2) is 4.59. The first-order chi connectivity index (χ1) is 8.76. The van der Waals surface area contributed by atoms with E-state index in [9.17, 15) is 22.4 Å². The minimum Gasteiger partial charge on any atom is -0.315 e. The van der Waals surface area contributed by atoms with Gasteiger partial charge in [0.05, 0.1) is 0 Å². The average Bonchev–Trinajstić information content (AvgIpc) is 2.76. The maximum Gasteiger partial charge on any atom is 0.402 e. The number of carbonyl (C=O) groups is 1. The molecule has 1 aliphatic rings. The van der Waals surface area contributed by atoms with Gasteiger partial charge in [-0.05, 0) is 43.7 Å². The summed E-state index contributed by atoms with van der Waals surface area (Å²) < 4.78 is 52.8. The quantitative estimate of drug-likeness (QED) is 0.664. The van der Waals surface area contributed by atoms with Gasteiger partial charge in [-0.2, -0.15) is 13.2 Å². The van der Waals surface area contributed by atoms with Gasteiger partial charge in [0.1, 0.15) is 11.2 Å². The van der Waals surface area contributed by atoms with E-state index < -0.39 is 29.7 Å². The minimum atomic E-state index is -4.65. The number of benzene rings is 1. The lowest BCUT2D eigenvalue weighted by Gasteiger charge is -2.29. The Morgan fingerprint density at radius 3 is 2.47 bits per heavy atom. The number of halogens is 4. The van der Waals surface area contributed by atoms with Crippen LogP contribution in [0, 0.1) is 18.2 Å². The number of Topliss-reactive ketones (excluding diaryl/α,β-unsaturated/α-hetero) is 1. The molecule has 0 amide bonds. The molecule has 0 saturated carbocycles. The van der Waals surface area contributed by atoms with Crippen LogP contribution in [0.5, 0.6) is 0 Å². The van der Waals surface area contributed by atoms with Crippen molar-refractivity contribution in [2.75, 3.05) is 13.1 Å². The van der Waals surface area contributed by atoms with Gasteiger partial charge in [0.25, 0.3) is 0 Å². The highest BCUT2D eigenvalue weighted by Gasteiger charge is 2.61. The van der Waals surface area contributed by atoms with Crippen molar-refractivity contribution in [3.63, 3.8) is 0 Å². The molecule has 2 rings (SSSR count). The lowest BCUT2D eigenvalue weighted by atomic mass is 9.78. The van der Waals surface area contributed by atoms with Crippen LogP contribution in [0.25, 0.3) is 0 Å². The first-order valence-electron chi connectivity index (χ1n) is 5.86. The number of nitrogens with one attached hydrogen (secondary N) is 1. The number of hydrogen-bond donors (Lipinski definition) is 1. The van der Waals surface area contributed by atoms with Crippen molar-refractivity contribution in [3.05, 3.63) is 35.1 Å². The molecule has 0 aromatic heterocycles. The monoisotopic (exact) mass is 275 g/mol. The zero-order valence-electron chi connectivity index (χ0n) is 10.3. The van der Waals surface area contributed by atoms with Gasteiger partial charge in [-0.3, -0.25) is 4.79 Å². The Morgan fingerprint density at radius 1 is 1.32 bits per heavy atom. The van der Waals surface area contributed by atoms with Crippen molar-refractivity contribution < 1.29 is 22.4 Å². The molecule has 0 radical (unpaired) electrons. The molecule has 1 fully saturated rings. The summed E-state index contributed by atoms with van der Waals surface area (Å²) in [5.41, 5.74) is -2.24. The molecular weight excluding hydrogens is 262 g/mol. The van der Waals surface area contributed by atoms with Gasteiger partial charge >= 0.3 is 6.18 Å². The first kappa shape index (κ1) is 14.0. The Kier molecular flexibility index (Phi) is 3.38. The maximum absolute atomic E-state index is 13.2. The highest BCUT2D eigenvalue weighted by atomic mass is 19.4. The first-order valence-corrected chi connectivity index (χ1v) is 5.86. The molecular formula is C13H13F4NO. The molecule has 1 unspecified atom stereocenters. The molecule has 104 valence electrons. The molecule has 19 heavy (non-hydrogen) atoms. The van der Waals surface area contributed by atoms with E-state index in [0.29, 0.717) is 5.56 Å². The van der Waals surface area contributed by atoms with E-state index >= 15 is 0 Å².